The van der Waals surface area contributed by atoms with Crippen LogP contribution < -0.4 is 11.1 Å². The highest BCUT2D eigenvalue weighted by molar-refractivity contribution is 7.98. The Labute approximate surface area is 105 Å². The number of nitrogen functional groups attached to an aromatic ring is 1. The van der Waals surface area contributed by atoms with Crippen molar-refractivity contribution < 1.29 is 0 Å². The van der Waals surface area contributed by atoms with Gasteiger partial charge in [0.2, 0.25) is 0 Å². The van der Waals surface area contributed by atoms with E-state index >= 15 is 0 Å². The number of anilines is 3. The quantitative estimate of drug-likeness (QED) is 0.815. The van der Waals surface area contributed by atoms with Gasteiger partial charge in [0.05, 0.1) is 0 Å². The maximum atomic E-state index is 5.67. The van der Waals surface area contributed by atoms with Gasteiger partial charge in [-0.05, 0) is 31.4 Å². The van der Waals surface area contributed by atoms with Crippen LogP contribution in [0.25, 0.3) is 0 Å². The highest BCUT2D eigenvalue weighted by atomic mass is 32.2. The Morgan fingerprint density at radius 2 is 2.06 bits per heavy atom. The van der Waals surface area contributed by atoms with E-state index in [1.807, 2.05) is 25.3 Å². The molecule has 0 amide bonds. The fraction of sp³-hybridized carbons (Fsp3) is 0.167. The van der Waals surface area contributed by atoms with Gasteiger partial charge in [0.25, 0.3) is 0 Å². The Balaban J connectivity index is 2.24. The van der Waals surface area contributed by atoms with E-state index in [0.29, 0.717) is 17.5 Å². The molecule has 0 saturated heterocycles. The zero-order valence-corrected chi connectivity index (χ0v) is 10.6. The predicted octanol–water partition coefficient (Wildman–Crippen LogP) is 2.83. The molecule has 0 unspecified atom stereocenters. The van der Waals surface area contributed by atoms with Crippen molar-refractivity contribution in [2.45, 2.75) is 11.8 Å². The Morgan fingerprint density at radius 1 is 1.24 bits per heavy atom. The average Bonchev–Trinajstić information content (AvgIpc) is 2.28. The molecule has 1 heterocycles. The van der Waals surface area contributed by atoms with Gasteiger partial charge in [-0.25, -0.2) is 9.97 Å². The number of hydrogen-bond donors (Lipinski definition) is 2. The first-order chi connectivity index (χ1) is 8.17. The van der Waals surface area contributed by atoms with Crippen molar-refractivity contribution in [1.82, 2.24) is 9.97 Å². The summed E-state index contributed by atoms with van der Waals surface area (Å²) >= 11 is 1.70. The molecule has 1 aromatic heterocycles. The Kier molecular flexibility index (Phi) is 3.49. The molecule has 0 bridgehead atoms. The number of nitrogens with one attached hydrogen (secondary N) is 1. The molecule has 17 heavy (non-hydrogen) atoms. The van der Waals surface area contributed by atoms with Crippen LogP contribution in [0.2, 0.25) is 0 Å². The highest BCUT2D eigenvalue weighted by Gasteiger charge is 2.00. The molecule has 0 radical (unpaired) electrons. The smallest absolute Gasteiger partial charge is 0.136 e. The maximum absolute atomic E-state index is 5.67. The number of nitrogens with two attached hydrogens (primary N) is 1. The minimum atomic E-state index is 0.473. The molecular weight excluding hydrogens is 232 g/mol. The van der Waals surface area contributed by atoms with Gasteiger partial charge in [-0.15, -0.1) is 11.8 Å². The van der Waals surface area contributed by atoms with Gasteiger partial charge in [0, 0.05) is 16.6 Å². The van der Waals surface area contributed by atoms with Crippen LogP contribution in [0.3, 0.4) is 0 Å². The van der Waals surface area contributed by atoms with Crippen LogP contribution >= 0.6 is 11.8 Å². The zero-order chi connectivity index (χ0) is 12.3. The predicted molar refractivity (Wildman–Crippen MR) is 72.7 cm³/mol. The van der Waals surface area contributed by atoms with Crippen molar-refractivity contribution >= 4 is 29.1 Å². The maximum Gasteiger partial charge on any atom is 0.136 e. The highest BCUT2D eigenvalue weighted by Crippen LogP contribution is 2.21. The summed E-state index contributed by atoms with van der Waals surface area (Å²) in [6.45, 7) is 1.82. The van der Waals surface area contributed by atoms with Crippen LogP contribution in [0, 0.1) is 6.92 Å². The fourth-order valence-electron chi connectivity index (χ4n) is 1.50. The second kappa shape index (κ2) is 5.05. The third kappa shape index (κ3) is 3.10. The van der Waals surface area contributed by atoms with Crippen molar-refractivity contribution in [3.63, 3.8) is 0 Å². The summed E-state index contributed by atoms with van der Waals surface area (Å²) in [6.07, 6.45) is 2.05. The molecule has 0 aliphatic heterocycles. The SMILES string of the molecule is CSc1cccc(Nc2cc(N)nc(C)n2)c1. The standard InChI is InChI=1S/C12H14N4S/c1-8-14-11(13)7-12(15-8)16-9-4-3-5-10(6-9)17-2/h3-7H,1-2H3,(H3,13,14,15,16). The van der Waals surface area contributed by atoms with Crippen molar-refractivity contribution in [2.75, 3.05) is 17.3 Å². The van der Waals surface area contributed by atoms with Gasteiger partial charge in [-0.2, -0.15) is 0 Å². The molecule has 3 N–H and O–H groups in total. The molecule has 88 valence electrons. The summed E-state index contributed by atoms with van der Waals surface area (Å²) in [5.41, 5.74) is 6.67. The molecule has 0 aliphatic rings. The first-order valence-corrected chi connectivity index (χ1v) is 6.42. The van der Waals surface area contributed by atoms with Crippen LogP contribution in [0.4, 0.5) is 17.3 Å². The van der Waals surface area contributed by atoms with Crippen LogP contribution in [0.15, 0.2) is 35.2 Å². The van der Waals surface area contributed by atoms with Crippen LogP contribution in [-0.4, -0.2) is 16.2 Å². The molecule has 0 spiro atoms. The summed E-state index contributed by atoms with van der Waals surface area (Å²) in [5, 5.41) is 3.22. The molecule has 1 aromatic carbocycles. The number of hydrogen-bond acceptors (Lipinski definition) is 5. The van der Waals surface area contributed by atoms with Gasteiger partial charge < -0.3 is 11.1 Å². The topological polar surface area (TPSA) is 63.8 Å². The monoisotopic (exact) mass is 246 g/mol. The Bertz CT molecular complexity index is 507. The lowest BCUT2D eigenvalue weighted by molar-refractivity contribution is 1.06. The molecule has 0 aliphatic carbocycles. The number of aryl methyl sites for hydroxylation is 1. The van der Waals surface area contributed by atoms with Gasteiger partial charge in [-0.1, -0.05) is 6.07 Å². The van der Waals surface area contributed by atoms with Crippen molar-refractivity contribution in [3.05, 3.63) is 36.2 Å². The van der Waals surface area contributed by atoms with Gasteiger partial charge >= 0.3 is 0 Å². The number of aromatic nitrogens is 2. The Morgan fingerprint density at radius 3 is 2.76 bits per heavy atom. The summed E-state index contributed by atoms with van der Waals surface area (Å²) in [4.78, 5) is 9.51. The van der Waals surface area contributed by atoms with E-state index in [0.717, 1.165) is 5.69 Å². The number of thioether (sulfide) groups is 1. The number of nitrogens with zero attached hydrogens (tertiary/aromatic N) is 2. The van der Waals surface area contributed by atoms with Crippen molar-refractivity contribution in [3.8, 4) is 0 Å². The van der Waals surface area contributed by atoms with Crippen LogP contribution in [0.1, 0.15) is 5.82 Å². The van der Waals surface area contributed by atoms with E-state index in [2.05, 4.69) is 27.4 Å². The molecule has 4 nitrogen and oxygen atoms in total. The minimum absolute atomic E-state index is 0.473. The third-order valence-electron chi connectivity index (χ3n) is 2.20. The van der Waals surface area contributed by atoms with Gasteiger partial charge in [0.15, 0.2) is 0 Å². The van der Waals surface area contributed by atoms with Crippen LogP contribution in [0.5, 0.6) is 0 Å². The van der Waals surface area contributed by atoms with E-state index in [9.17, 15) is 0 Å². The summed E-state index contributed by atoms with van der Waals surface area (Å²) in [7, 11) is 0. The van der Waals surface area contributed by atoms with Crippen LogP contribution in [-0.2, 0) is 0 Å². The molecule has 0 atom stereocenters. The van der Waals surface area contributed by atoms with Crippen molar-refractivity contribution in [2.24, 2.45) is 0 Å². The lowest BCUT2D eigenvalue weighted by atomic mass is 10.3. The van der Waals surface area contributed by atoms with Gasteiger partial charge in [0.1, 0.15) is 17.5 Å². The first-order valence-electron chi connectivity index (χ1n) is 5.19. The molecule has 0 fully saturated rings. The van der Waals surface area contributed by atoms with E-state index in [1.165, 1.54) is 4.90 Å². The zero-order valence-electron chi connectivity index (χ0n) is 9.77. The van der Waals surface area contributed by atoms with E-state index in [1.54, 1.807) is 17.8 Å². The van der Waals surface area contributed by atoms with Gasteiger partial charge in [-0.3, -0.25) is 0 Å². The second-order valence-electron chi connectivity index (χ2n) is 3.58. The number of benzene rings is 1. The lowest BCUT2D eigenvalue weighted by Gasteiger charge is -2.07. The van der Waals surface area contributed by atoms with Crippen molar-refractivity contribution in [1.29, 1.82) is 0 Å². The summed E-state index contributed by atoms with van der Waals surface area (Å²) in [6, 6.07) is 9.85. The van der Waals surface area contributed by atoms with E-state index < -0.39 is 0 Å². The molecule has 2 aromatic rings. The lowest BCUT2D eigenvalue weighted by Crippen LogP contribution is -2.00. The average molecular weight is 246 g/mol. The molecule has 0 saturated carbocycles. The summed E-state index contributed by atoms with van der Waals surface area (Å²) in [5.74, 6) is 1.85. The molecule has 5 heteroatoms. The normalized spacial score (nSPS) is 10.2. The van der Waals surface area contributed by atoms with E-state index in [4.69, 9.17) is 5.73 Å². The largest absolute Gasteiger partial charge is 0.384 e. The fourth-order valence-corrected chi connectivity index (χ4v) is 1.96. The first kappa shape index (κ1) is 11.7. The third-order valence-corrected chi connectivity index (χ3v) is 2.93. The Hall–Kier alpha value is -1.75. The minimum Gasteiger partial charge on any atom is -0.384 e. The molecular formula is C12H14N4S. The number of rotatable bonds is 3. The summed E-state index contributed by atoms with van der Waals surface area (Å²) < 4.78 is 0. The molecule has 2 rings (SSSR count). The van der Waals surface area contributed by atoms with E-state index in [-0.39, 0.29) is 0 Å². The second-order valence-corrected chi connectivity index (χ2v) is 4.46.